The molecule has 1 aliphatic heterocycles. The smallest absolute Gasteiger partial charge is 0.0883 e. The van der Waals surface area contributed by atoms with Gasteiger partial charge in [-0.05, 0) is 49.3 Å². The van der Waals surface area contributed by atoms with E-state index in [9.17, 15) is 0 Å². The summed E-state index contributed by atoms with van der Waals surface area (Å²) in [5.41, 5.74) is 3.90. The first-order chi connectivity index (χ1) is 8.81. The molecule has 1 aromatic carbocycles. The number of aromatic amines is 1. The van der Waals surface area contributed by atoms with Gasteiger partial charge in [-0.3, -0.25) is 5.10 Å². The standard InChI is InChI=1S/C15H19N3/c1-10-5-13-7-16-17-15(13)14(6-10)18-8-11-3-2-4-12(11)9-18/h5-7,11-12H,2-4,8-9H2,1H3,(H,16,17). The highest BCUT2D eigenvalue weighted by molar-refractivity contribution is 5.91. The van der Waals surface area contributed by atoms with Crippen LogP contribution in [0.5, 0.6) is 0 Å². The van der Waals surface area contributed by atoms with Crippen LogP contribution < -0.4 is 4.90 Å². The predicted octanol–water partition coefficient (Wildman–Crippen LogP) is 3.11. The second-order valence-corrected chi connectivity index (χ2v) is 5.97. The molecule has 2 heterocycles. The zero-order valence-corrected chi connectivity index (χ0v) is 10.8. The lowest BCUT2D eigenvalue weighted by Gasteiger charge is -2.20. The number of anilines is 1. The van der Waals surface area contributed by atoms with E-state index in [1.807, 2.05) is 6.20 Å². The van der Waals surface area contributed by atoms with Gasteiger partial charge >= 0.3 is 0 Å². The van der Waals surface area contributed by atoms with Crippen LogP contribution in [-0.4, -0.2) is 23.3 Å². The fourth-order valence-corrected chi connectivity index (χ4v) is 3.87. The summed E-state index contributed by atoms with van der Waals surface area (Å²) in [6.45, 7) is 4.65. The lowest BCUT2D eigenvalue weighted by Crippen LogP contribution is -2.21. The van der Waals surface area contributed by atoms with Crippen LogP contribution in [0.3, 0.4) is 0 Å². The molecule has 2 aromatic rings. The van der Waals surface area contributed by atoms with E-state index in [-0.39, 0.29) is 0 Å². The van der Waals surface area contributed by atoms with Crippen molar-refractivity contribution in [1.82, 2.24) is 10.2 Å². The van der Waals surface area contributed by atoms with Gasteiger partial charge in [0.1, 0.15) is 0 Å². The summed E-state index contributed by atoms with van der Waals surface area (Å²) in [6.07, 6.45) is 6.23. The van der Waals surface area contributed by atoms with E-state index in [0.29, 0.717) is 0 Å². The molecule has 2 aliphatic rings. The van der Waals surface area contributed by atoms with Gasteiger partial charge in [0.15, 0.2) is 0 Å². The Labute approximate surface area is 107 Å². The highest BCUT2D eigenvalue weighted by Crippen LogP contribution is 2.41. The van der Waals surface area contributed by atoms with E-state index in [1.165, 1.54) is 54.5 Å². The highest BCUT2D eigenvalue weighted by Gasteiger charge is 2.36. The van der Waals surface area contributed by atoms with Crippen LogP contribution in [-0.2, 0) is 0 Å². The van der Waals surface area contributed by atoms with Crippen LogP contribution in [0.4, 0.5) is 5.69 Å². The lowest BCUT2D eigenvalue weighted by atomic mass is 10.0. The van der Waals surface area contributed by atoms with Crippen LogP contribution >= 0.6 is 0 Å². The molecule has 3 heteroatoms. The molecule has 0 bridgehead atoms. The number of fused-ring (bicyclic) bond motifs is 2. The predicted molar refractivity (Wildman–Crippen MR) is 73.9 cm³/mol. The number of nitrogens with one attached hydrogen (secondary N) is 1. The number of rotatable bonds is 1. The molecule has 1 saturated carbocycles. The zero-order valence-electron chi connectivity index (χ0n) is 10.8. The number of hydrogen-bond acceptors (Lipinski definition) is 2. The number of H-pyrrole nitrogens is 1. The van der Waals surface area contributed by atoms with Crippen molar-refractivity contribution in [3.05, 3.63) is 23.9 Å². The summed E-state index contributed by atoms with van der Waals surface area (Å²) < 4.78 is 0. The molecule has 4 rings (SSSR count). The first kappa shape index (κ1) is 10.4. The van der Waals surface area contributed by atoms with E-state index in [0.717, 1.165) is 11.8 Å². The zero-order chi connectivity index (χ0) is 12.1. The summed E-state index contributed by atoms with van der Waals surface area (Å²) in [7, 11) is 0. The number of aryl methyl sites for hydroxylation is 1. The van der Waals surface area contributed by atoms with Crippen molar-refractivity contribution < 1.29 is 0 Å². The third-order valence-electron chi connectivity index (χ3n) is 4.74. The molecule has 0 amide bonds. The van der Waals surface area contributed by atoms with Gasteiger partial charge in [0.05, 0.1) is 17.4 Å². The van der Waals surface area contributed by atoms with Crippen LogP contribution in [0.25, 0.3) is 10.9 Å². The van der Waals surface area contributed by atoms with E-state index in [4.69, 9.17) is 0 Å². The molecule has 1 aliphatic carbocycles. The van der Waals surface area contributed by atoms with Crippen LogP contribution in [0.2, 0.25) is 0 Å². The Morgan fingerprint density at radius 2 is 2.00 bits per heavy atom. The van der Waals surface area contributed by atoms with Gasteiger partial charge in [0.2, 0.25) is 0 Å². The van der Waals surface area contributed by atoms with E-state index < -0.39 is 0 Å². The largest absolute Gasteiger partial charge is 0.369 e. The van der Waals surface area contributed by atoms with Gasteiger partial charge in [0.25, 0.3) is 0 Å². The molecular formula is C15H19N3. The molecule has 2 atom stereocenters. The molecule has 94 valence electrons. The summed E-state index contributed by atoms with van der Waals surface area (Å²) in [5, 5.41) is 8.60. The Morgan fingerprint density at radius 1 is 1.22 bits per heavy atom. The summed E-state index contributed by atoms with van der Waals surface area (Å²) in [4.78, 5) is 2.57. The Kier molecular flexibility index (Phi) is 2.16. The highest BCUT2D eigenvalue weighted by atomic mass is 15.2. The second kappa shape index (κ2) is 3.74. The van der Waals surface area contributed by atoms with Crippen molar-refractivity contribution in [1.29, 1.82) is 0 Å². The summed E-state index contributed by atoms with van der Waals surface area (Å²) in [5.74, 6) is 1.87. The monoisotopic (exact) mass is 241 g/mol. The fraction of sp³-hybridized carbons (Fsp3) is 0.533. The average Bonchev–Trinajstić information content (AvgIpc) is 3.01. The molecular weight excluding hydrogens is 222 g/mol. The molecule has 18 heavy (non-hydrogen) atoms. The molecule has 3 nitrogen and oxygen atoms in total. The van der Waals surface area contributed by atoms with E-state index >= 15 is 0 Å². The van der Waals surface area contributed by atoms with Gasteiger partial charge in [-0.1, -0.05) is 6.42 Å². The minimum Gasteiger partial charge on any atom is -0.369 e. The van der Waals surface area contributed by atoms with Crippen molar-refractivity contribution in [3.63, 3.8) is 0 Å². The van der Waals surface area contributed by atoms with Gasteiger partial charge in [0, 0.05) is 18.5 Å². The topological polar surface area (TPSA) is 31.9 Å². The first-order valence-electron chi connectivity index (χ1n) is 7.00. The summed E-state index contributed by atoms with van der Waals surface area (Å²) in [6, 6.07) is 4.51. The third-order valence-corrected chi connectivity index (χ3v) is 4.74. The molecule has 2 unspecified atom stereocenters. The molecule has 2 fully saturated rings. The summed E-state index contributed by atoms with van der Waals surface area (Å²) >= 11 is 0. The van der Waals surface area contributed by atoms with Crippen LogP contribution in [0.15, 0.2) is 18.3 Å². The van der Waals surface area contributed by atoms with Crippen molar-refractivity contribution >= 4 is 16.6 Å². The Balaban J connectivity index is 1.76. The van der Waals surface area contributed by atoms with Gasteiger partial charge in [-0.2, -0.15) is 5.10 Å². The fourth-order valence-electron chi connectivity index (χ4n) is 3.87. The third kappa shape index (κ3) is 1.46. The molecule has 1 aromatic heterocycles. The Bertz CT molecular complexity index is 574. The number of aromatic nitrogens is 2. The van der Waals surface area contributed by atoms with Gasteiger partial charge in [-0.15, -0.1) is 0 Å². The SMILES string of the molecule is Cc1cc(N2CC3CCCC3C2)c2[nH]ncc2c1. The Morgan fingerprint density at radius 3 is 2.78 bits per heavy atom. The first-order valence-corrected chi connectivity index (χ1v) is 7.00. The Hall–Kier alpha value is -1.51. The lowest BCUT2D eigenvalue weighted by molar-refractivity contribution is 0.494. The number of benzene rings is 1. The molecule has 1 saturated heterocycles. The van der Waals surface area contributed by atoms with Crippen molar-refractivity contribution in [2.24, 2.45) is 11.8 Å². The quantitative estimate of drug-likeness (QED) is 0.832. The molecule has 0 radical (unpaired) electrons. The van der Waals surface area contributed by atoms with Crippen molar-refractivity contribution in [2.45, 2.75) is 26.2 Å². The maximum atomic E-state index is 4.19. The molecule has 1 N–H and O–H groups in total. The van der Waals surface area contributed by atoms with Crippen molar-refractivity contribution in [2.75, 3.05) is 18.0 Å². The van der Waals surface area contributed by atoms with Gasteiger partial charge < -0.3 is 4.90 Å². The van der Waals surface area contributed by atoms with Crippen LogP contribution in [0, 0.1) is 18.8 Å². The number of hydrogen-bond donors (Lipinski definition) is 1. The van der Waals surface area contributed by atoms with E-state index in [2.05, 4.69) is 34.2 Å². The maximum Gasteiger partial charge on any atom is 0.0883 e. The van der Waals surface area contributed by atoms with E-state index in [1.54, 1.807) is 0 Å². The van der Waals surface area contributed by atoms with Gasteiger partial charge in [-0.25, -0.2) is 0 Å². The van der Waals surface area contributed by atoms with Crippen LogP contribution in [0.1, 0.15) is 24.8 Å². The average molecular weight is 241 g/mol. The minimum absolute atomic E-state index is 0.934. The van der Waals surface area contributed by atoms with Crippen molar-refractivity contribution in [3.8, 4) is 0 Å². The number of nitrogens with zero attached hydrogens (tertiary/aromatic N) is 2. The minimum atomic E-state index is 0.934. The second-order valence-electron chi connectivity index (χ2n) is 5.97. The maximum absolute atomic E-state index is 4.19. The normalized spacial score (nSPS) is 27.1. The molecule has 0 spiro atoms.